The molecule has 0 heterocycles. The summed E-state index contributed by atoms with van der Waals surface area (Å²) in [6.07, 6.45) is 0. The Morgan fingerprint density at radius 3 is 1.70 bits per heavy atom. The first-order chi connectivity index (χ1) is 6.56. The number of benzene rings is 1. The van der Waals surface area contributed by atoms with E-state index in [-0.39, 0.29) is 57.4 Å². The summed E-state index contributed by atoms with van der Waals surface area (Å²) in [6.45, 7) is 1.70. The van der Waals surface area contributed by atoms with Gasteiger partial charge in [0.15, 0.2) is 0 Å². The third-order valence-corrected chi connectivity index (χ3v) is 1.46. The molecule has 0 aliphatic heterocycles. The number of nitrogens with two attached hydrogens (primary N) is 1. The fourth-order valence-electron chi connectivity index (χ4n) is 0.871. The van der Waals surface area contributed by atoms with Gasteiger partial charge in [0, 0.05) is 0 Å². The first-order valence-corrected chi connectivity index (χ1v) is 6.45. The van der Waals surface area contributed by atoms with E-state index in [1.54, 1.807) is 13.0 Å². The molecule has 0 bridgehead atoms. The third-order valence-electron chi connectivity index (χ3n) is 1.46. The Balaban J connectivity index is -0.0000000348. The Morgan fingerprint density at radius 1 is 1.10 bits per heavy atom. The van der Waals surface area contributed by atoms with Gasteiger partial charge in [0.05, 0.1) is 17.3 Å². The van der Waals surface area contributed by atoms with Crippen LogP contribution < -0.4 is 5.73 Å². The van der Waals surface area contributed by atoms with E-state index < -0.39 is 0 Å². The predicted octanol–water partition coefficient (Wildman–Crippen LogP) is -2.42. The van der Waals surface area contributed by atoms with Gasteiger partial charge in [0.2, 0.25) is 0 Å². The number of phenolic OH excluding ortho intramolecular Hbond substituents is 1. The fourth-order valence-corrected chi connectivity index (χ4v) is 0.871. The number of nitrogen functional groups attached to an aromatic ring is 1. The maximum atomic E-state index is 9.19. The monoisotopic (exact) mass is 382 g/mol. The molecule has 0 aromatic heterocycles. The van der Waals surface area contributed by atoms with E-state index in [2.05, 4.69) is 0 Å². The quantitative estimate of drug-likeness (QED) is 0.282. The topological polar surface area (TPSA) is 259 Å². The SMILES string of the molecule is Cc1cc(C#N)cc(N)c1O.O.O.O.O.O.O.[Cl][Fe][Cl]. The molecule has 1 rings (SSSR count). The molecular weight excluding hydrogens is 363 g/mol. The van der Waals surface area contributed by atoms with Crippen molar-refractivity contribution in [3.8, 4) is 11.8 Å². The van der Waals surface area contributed by atoms with Crippen LogP contribution in [0.2, 0.25) is 0 Å². The van der Waals surface area contributed by atoms with Gasteiger partial charge < -0.3 is 43.7 Å². The van der Waals surface area contributed by atoms with Crippen molar-refractivity contribution in [1.29, 1.82) is 5.26 Å². The standard InChI is InChI=1S/C8H8N2O.2ClH.Fe.6H2O/c1-5-2-6(4-9)3-7(10)8(5)11;;;;;;;;;/h2-3,11H,10H2,1H3;2*1H;;6*1H2/q;;;+2;;;;;;/p-2. The molecular formula is C8H20Cl2FeN2O7. The molecule has 1 aromatic rings. The van der Waals surface area contributed by atoms with Crippen LogP contribution in [0.4, 0.5) is 5.69 Å². The van der Waals surface area contributed by atoms with Crippen LogP contribution >= 0.6 is 20.2 Å². The van der Waals surface area contributed by atoms with Gasteiger partial charge in [0.25, 0.3) is 0 Å². The maximum absolute atomic E-state index is 9.19. The van der Waals surface area contributed by atoms with Gasteiger partial charge in [-0.15, -0.1) is 0 Å². The van der Waals surface area contributed by atoms with Crippen LogP contribution in [0.15, 0.2) is 12.1 Å². The third kappa shape index (κ3) is 15.2. The Morgan fingerprint density at radius 2 is 1.45 bits per heavy atom. The van der Waals surface area contributed by atoms with Crippen LogP contribution in [-0.2, 0) is 13.1 Å². The number of rotatable bonds is 0. The van der Waals surface area contributed by atoms with E-state index in [0.717, 1.165) is 0 Å². The molecule has 126 valence electrons. The summed E-state index contributed by atoms with van der Waals surface area (Å²) in [5, 5.41) is 17.7. The molecule has 9 nitrogen and oxygen atoms in total. The van der Waals surface area contributed by atoms with Crippen LogP contribution in [0.5, 0.6) is 5.75 Å². The van der Waals surface area contributed by atoms with E-state index in [9.17, 15) is 5.11 Å². The van der Waals surface area contributed by atoms with Gasteiger partial charge in [-0.2, -0.15) is 5.26 Å². The minimum atomic E-state index is 0. The second kappa shape index (κ2) is 23.3. The summed E-state index contributed by atoms with van der Waals surface area (Å²) in [5.74, 6) is 0.0593. The predicted molar refractivity (Wildman–Crippen MR) is 75.4 cm³/mol. The molecule has 20 heavy (non-hydrogen) atoms. The van der Waals surface area contributed by atoms with Crippen molar-refractivity contribution in [3.63, 3.8) is 0 Å². The molecule has 0 spiro atoms. The van der Waals surface area contributed by atoms with Gasteiger partial charge in [-0.05, 0) is 24.6 Å². The molecule has 0 saturated carbocycles. The number of phenols is 1. The zero-order valence-electron chi connectivity index (χ0n) is 10.2. The van der Waals surface area contributed by atoms with Crippen LogP contribution in [0.1, 0.15) is 11.1 Å². The van der Waals surface area contributed by atoms with Crippen LogP contribution in [-0.4, -0.2) is 38.0 Å². The molecule has 0 aliphatic carbocycles. The Kier molecular flexibility index (Phi) is 49.7. The first kappa shape index (κ1) is 42.7. The molecule has 0 saturated heterocycles. The molecule has 1 aromatic carbocycles. The van der Waals surface area contributed by atoms with Crippen molar-refractivity contribution in [1.82, 2.24) is 0 Å². The number of hydrogen-bond donors (Lipinski definition) is 2. The molecule has 0 atom stereocenters. The summed E-state index contributed by atoms with van der Waals surface area (Å²) in [4.78, 5) is 0. The van der Waals surface area contributed by atoms with Crippen LogP contribution in [0.3, 0.4) is 0 Å². The van der Waals surface area contributed by atoms with Gasteiger partial charge in [-0.1, -0.05) is 0 Å². The van der Waals surface area contributed by atoms with Crippen LogP contribution in [0.25, 0.3) is 0 Å². The molecule has 0 amide bonds. The Hall–Kier alpha value is -0.831. The molecule has 0 fully saturated rings. The van der Waals surface area contributed by atoms with E-state index >= 15 is 0 Å². The van der Waals surface area contributed by atoms with Crippen LogP contribution in [0, 0.1) is 18.3 Å². The van der Waals surface area contributed by atoms with Crippen molar-refractivity contribution in [2.45, 2.75) is 6.92 Å². The van der Waals surface area contributed by atoms with Gasteiger partial charge >= 0.3 is 33.3 Å². The molecule has 0 aliphatic rings. The van der Waals surface area contributed by atoms with E-state index in [4.69, 9.17) is 31.2 Å². The number of nitriles is 1. The Bertz CT molecular complexity index is 342. The second-order valence-corrected chi connectivity index (χ2v) is 4.22. The number of hydrogen-bond acceptors (Lipinski definition) is 3. The normalized spacial score (nSPS) is 6.10. The minimum absolute atomic E-state index is 0. The number of anilines is 1. The van der Waals surface area contributed by atoms with Gasteiger partial charge in [0.1, 0.15) is 5.75 Å². The van der Waals surface area contributed by atoms with Crippen molar-refractivity contribution in [2.75, 3.05) is 5.73 Å². The fraction of sp³-hybridized carbons (Fsp3) is 0.125. The number of nitrogens with zero attached hydrogens (tertiary/aromatic N) is 1. The summed E-state index contributed by atoms with van der Waals surface area (Å²) in [7, 11) is 9.53. The summed E-state index contributed by atoms with van der Waals surface area (Å²) in [5.41, 5.74) is 6.74. The van der Waals surface area contributed by atoms with E-state index in [1.807, 2.05) is 6.07 Å². The summed E-state index contributed by atoms with van der Waals surface area (Å²) < 4.78 is 0. The summed E-state index contributed by atoms with van der Waals surface area (Å²) >= 11 is 0.194. The first-order valence-electron chi connectivity index (χ1n) is 3.41. The van der Waals surface area contributed by atoms with Crippen molar-refractivity contribution in [3.05, 3.63) is 23.3 Å². The molecule has 0 radical (unpaired) electrons. The van der Waals surface area contributed by atoms with Gasteiger partial charge in [-0.3, -0.25) is 0 Å². The second-order valence-electron chi connectivity index (χ2n) is 2.39. The van der Waals surface area contributed by atoms with E-state index in [1.165, 1.54) is 6.07 Å². The molecule has 15 N–H and O–H groups in total. The average molecular weight is 383 g/mol. The van der Waals surface area contributed by atoms with Crippen molar-refractivity contribution >= 4 is 25.9 Å². The summed E-state index contributed by atoms with van der Waals surface area (Å²) in [6, 6.07) is 4.98. The Labute approximate surface area is 130 Å². The average Bonchev–Trinajstić information content (AvgIpc) is 2.14. The number of aromatic hydroxyl groups is 1. The van der Waals surface area contributed by atoms with Gasteiger partial charge in [-0.25, -0.2) is 0 Å². The zero-order chi connectivity index (χ0) is 11.1. The van der Waals surface area contributed by atoms with Crippen molar-refractivity contribution in [2.24, 2.45) is 0 Å². The van der Waals surface area contributed by atoms with E-state index in [0.29, 0.717) is 11.1 Å². The number of halogens is 2. The number of aryl methyl sites for hydroxylation is 1. The zero-order valence-corrected chi connectivity index (χ0v) is 12.9. The molecule has 12 heteroatoms. The van der Waals surface area contributed by atoms with Crippen molar-refractivity contribution < 1.29 is 51.1 Å². The molecule has 0 unspecified atom stereocenters.